The molecule has 1 atom stereocenters. The first-order chi connectivity index (χ1) is 6.38. The van der Waals surface area contributed by atoms with Crippen molar-refractivity contribution in [1.29, 1.82) is 0 Å². The van der Waals surface area contributed by atoms with E-state index < -0.39 is 0 Å². The van der Waals surface area contributed by atoms with Gasteiger partial charge in [-0.3, -0.25) is 0 Å². The SMILES string of the molecule is CC(C)(C)C[C@@H](N)c1ccc(Br)nc1. The summed E-state index contributed by atoms with van der Waals surface area (Å²) >= 11 is 3.30. The fourth-order valence-electron chi connectivity index (χ4n) is 1.38. The third-order valence-electron chi connectivity index (χ3n) is 2.01. The van der Waals surface area contributed by atoms with Crippen LogP contribution in [0, 0.1) is 5.41 Å². The molecule has 1 aromatic heterocycles. The summed E-state index contributed by atoms with van der Waals surface area (Å²) in [5.41, 5.74) is 7.43. The van der Waals surface area contributed by atoms with Gasteiger partial charge in [-0.15, -0.1) is 0 Å². The molecule has 0 aliphatic carbocycles. The van der Waals surface area contributed by atoms with Gasteiger partial charge in [0.05, 0.1) is 0 Å². The van der Waals surface area contributed by atoms with Gasteiger partial charge in [-0.2, -0.15) is 0 Å². The minimum absolute atomic E-state index is 0.0793. The summed E-state index contributed by atoms with van der Waals surface area (Å²) < 4.78 is 0.851. The lowest BCUT2D eigenvalue weighted by Gasteiger charge is -2.23. The highest BCUT2D eigenvalue weighted by molar-refractivity contribution is 9.10. The van der Waals surface area contributed by atoms with Crippen LogP contribution in [-0.2, 0) is 0 Å². The summed E-state index contributed by atoms with van der Waals surface area (Å²) in [4.78, 5) is 4.17. The summed E-state index contributed by atoms with van der Waals surface area (Å²) in [6.07, 6.45) is 2.80. The molecular weight excluding hydrogens is 240 g/mol. The van der Waals surface area contributed by atoms with Gasteiger partial charge in [0.2, 0.25) is 0 Å². The Morgan fingerprint density at radius 1 is 1.43 bits per heavy atom. The molecule has 0 bridgehead atoms. The van der Waals surface area contributed by atoms with E-state index in [1.54, 1.807) is 0 Å². The summed E-state index contributed by atoms with van der Waals surface area (Å²) in [6.45, 7) is 6.58. The van der Waals surface area contributed by atoms with Crippen LogP contribution in [0.3, 0.4) is 0 Å². The Balaban J connectivity index is 2.70. The van der Waals surface area contributed by atoms with Crippen LogP contribution in [0.4, 0.5) is 0 Å². The lowest BCUT2D eigenvalue weighted by atomic mass is 9.86. The predicted octanol–water partition coefficient (Wildman–Crippen LogP) is 3.28. The number of halogens is 1. The highest BCUT2D eigenvalue weighted by atomic mass is 79.9. The fraction of sp³-hybridized carbons (Fsp3) is 0.545. The second-order valence-corrected chi connectivity index (χ2v) is 5.60. The van der Waals surface area contributed by atoms with E-state index in [-0.39, 0.29) is 11.5 Å². The zero-order valence-electron chi connectivity index (χ0n) is 8.92. The van der Waals surface area contributed by atoms with E-state index in [0.717, 1.165) is 16.6 Å². The molecule has 1 aromatic rings. The smallest absolute Gasteiger partial charge is 0.106 e. The quantitative estimate of drug-likeness (QED) is 0.826. The monoisotopic (exact) mass is 256 g/mol. The van der Waals surface area contributed by atoms with Gasteiger partial charge in [0.1, 0.15) is 4.60 Å². The Bertz CT molecular complexity index is 287. The minimum Gasteiger partial charge on any atom is -0.324 e. The molecule has 3 heteroatoms. The maximum atomic E-state index is 6.08. The Hall–Kier alpha value is -0.410. The van der Waals surface area contributed by atoms with Gasteiger partial charge in [0, 0.05) is 12.2 Å². The molecular formula is C11H17BrN2. The first kappa shape index (κ1) is 11.7. The van der Waals surface area contributed by atoms with E-state index in [4.69, 9.17) is 5.73 Å². The van der Waals surface area contributed by atoms with Crippen LogP contribution in [0.2, 0.25) is 0 Å². The van der Waals surface area contributed by atoms with Crippen LogP contribution in [0.25, 0.3) is 0 Å². The van der Waals surface area contributed by atoms with E-state index >= 15 is 0 Å². The van der Waals surface area contributed by atoms with Crippen molar-refractivity contribution in [2.45, 2.75) is 33.2 Å². The zero-order chi connectivity index (χ0) is 10.8. The highest BCUT2D eigenvalue weighted by Gasteiger charge is 2.16. The molecule has 1 heterocycles. The third kappa shape index (κ3) is 3.76. The number of pyridine rings is 1. The third-order valence-corrected chi connectivity index (χ3v) is 2.48. The summed E-state index contributed by atoms with van der Waals surface area (Å²) in [5, 5.41) is 0. The lowest BCUT2D eigenvalue weighted by molar-refractivity contribution is 0.342. The summed E-state index contributed by atoms with van der Waals surface area (Å²) in [6, 6.07) is 4.03. The normalized spacial score (nSPS) is 14.1. The highest BCUT2D eigenvalue weighted by Crippen LogP contribution is 2.27. The second-order valence-electron chi connectivity index (χ2n) is 4.79. The first-order valence-corrected chi connectivity index (χ1v) is 5.55. The van der Waals surface area contributed by atoms with Crippen molar-refractivity contribution in [2.24, 2.45) is 11.1 Å². The number of aromatic nitrogens is 1. The van der Waals surface area contributed by atoms with Crippen molar-refractivity contribution >= 4 is 15.9 Å². The van der Waals surface area contributed by atoms with Crippen molar-refractivity contribution in [3.8, 4) is 0 Å². The van der Waals surface area contributed by atoms with E-state index in [0.29, 0.717) is 0 Å². The van der Waals surface area contributed by atoms with Gasteiger partial charge in [-0.1, -0.05) is 26.8 Å². The lowest BCUT2D eigenvalue weighted by Crippen LogP contribution is -2.18. The van der Waals surface area contributed by atoms with Gasteiger partial charge in [-0.25, -0.2) is 4.98 Å². The summed E-state index contributed by atoms with van der Waals surface area (Å²) in [7, 11) is 0. The molecule has 0 saturated heterocycles. The molecule has 1 rings (SSSR count). The van der Waals surface area contributed by atoms with Crippen LogP contribution in [0.1, 0.15) is 38.8 Å². The molecule has 2 nitrogen and oxygen atoms in total. The average Bonchev–Trinajstić information content (AvgIpc) is 2.02. The largest absolute Gasteiger partial charge is 0.324 e. The number of hydrogen-bond donors (Lipinski definition) is 1. The van der Waals surface area contributed by atoms with E-state index in [2.05, 4.69) is 41.7 Å². The Morgan fingerprint density at radius 3 is 2.50 bits per heavy atom. The molecule has 0 radical (unpaired) electrons. The molecule has 0 aliphatic heterocycles. The molecule has 0 amide bonds. The summed E-state index contributed by atoms with van der Waals surface area (Å²) in [5.74, 6) is 0. The maximum absolute atomic E-state index is 6.08. The van der Waals surface area contributed by atoms with Gasteiger partial charge in [0.15, 0.2) is 0 Å². The number of hydrogen-bond acceptors (Lipinski definition) is 2. The molecule has 0 aliphatic rings. The van der Waals surface area contributed by atoms with Crippen molar-refractivity contribution in [3.05, 3.63) is 28.5 Å². The van der Waals surface area contributed by atoms with Crippen LogP contribution >= 0.6 is 15.9 Å². The predicted molar refractivity (Wildman–Crippen MR) is 62.9 cm³/mol. The average molecular weight is 257 g/mol. The molecule has 0 unspecified atom stereocenters. The Morgan fingerprint density at radius 2 is 2.07 bits per heavy atom. The zero-order valence-corrected chi connectivity index (χ0v) is 10.5. The standard InChI is InChI=1S/C11H17BrN2/c1-11(2,3)6-9(13)8-4-5-10(12)14-7-8/h4-5,7,9H,6,13H2,1-3H3/t9-/m1/s1. The Labute approximate surface area is 94.0 Å². The van der Waals surface area contributed by atoms with Crippen LogP contribution in [0.5, 0.6) is 0 Å². The molecule has 2 N–H and O–H groups in total. The minimum atomic E-state index is 0.0793. The second kappa shape index (κ2) is 4.41. The molecule has 0 spiro atoms. The molecule has 0 fully saturated rings. The van der Waals surface area contributed by atoms with Gasteiger partial charge < -0.3 is 5.73 Å². The van der Waals surface area contributed by atoms with Crippen LogP contribution < -0.4 is 5.73 Å². The number of nitrogens with two attached hydrogens (primary N) is 1. The maximum Gasteiger partial charge on any atom is 0.106 e. The van der Waals surface area contributed by atoms with E-state index in [1.807, 2.05) is 18.3 Å². The first-order valence-electron chi connectivity index (χ1n) is 4.75. The van der Waals surface area contributed by atoms with E-state index in [1.165, 1.54) is 0 Å². The number of nitrogens with zero attached hydrogens (tertiary/aromatic N) is 1. The van der Waals surface area contributed by atoms with Gasteiger partial charge in [-0.05, 0) is 39.4 Å². The number of rotatable bonds is 2. The topological polar surface area (TPSA) is 38.9 Å². The van der Waals surface area contributed by atoms with Gasteiger partial charge >= 0.3 is 0 Å². The molecule has 14 heavy (non-hydrogen) atoms. The Kier molecular flexibility index (Phi) is 3.67. The molecule has 78 valence electrons. The molecule has 0 aromatic carbocycles. The van der Waals surface area contributed by atoms with Gasteiger partial charge in [0.25, 0.3) is 0 Å². The van der Waals surface area contributed by atoms with Crippen molar-refractivity contribution < 1.29 is 0 Å². The van der Waals surface area contributed by atoms with Crippen molar-refractivity contribution in [3.63, 3.8) is 0 Å². The molecule has 0 saturated carbocycles. The van der Waals surface area contributed by atoms with Crippen molar-refractivity contribution in [1.82, 2.24) is 4.98 Å². The van der Waals surface area contributed by atoms with Crippen molar-refractivity contribution in [2.75, 3.05) is 0 Å². The van der Waals surface area contributed by atoms with E-state index in [9.17, 15) is 0 Å². The fourth-order valence-corrected chi connectivity index (χ4v) is 1.62. The van der Waals surface area contributed by atoms with Crippen LogP contribution in [0.15, 0.2) is 22.9 Å². The van der Waals surface area contributed by atoms with Crippen LogP contribution in [-0.4, -0.2) is 4.98 Å².